The number of likely N-dealkylation sites (tertiary alicyclic amines) is 1. The van der Waals surface area contributed by atoms with Crippen LogP contribution in [-0.2, 0) is 16.0 Å². The van der Waals surface area contributed by atoms with Crippen LogP contribution in [0.2, 0.25) is 0 Å². The number of hydrogen-bond acceptors (Lipinski definition) is 3. The highest BCUT2D eigenvalue weighted by Gasteiger charge is 2.32. The van der Waals surface area contributed by atoms with E-state index in [1.54, 1.807) is 25.3 Å². The highest BCUT2D eigenvalue weighted by Crippen LogP contribution is 2.28. The molecule has 0 spiro atoms. The van der Waals surface area contributed by atoms with Crippen LogP contribution < -0.4 is 4.74 Å². The fourth-order valence-corrected chi connectivity index (χ4v) is 4.72. The minimum Gasteiger partial charge on any atom is -0.497 e. The number of halogens is 1. The molecule has 2 aromatic rings. The highest BCUT2D eigenvalue weighted by molar-refractivity contribution is 5.91. The molecule has 0 N–H and O–H groups in total. The zero-order valence-electron chi connectivity index (χ0n) is 21.2. The number of nitrogens with zero attached hydrogens (tertiary/aromatic N) is 2. The fraction of sp³-hybridized carbons (Fsp3) is 0.448. The Morgan fingerprint density at radius 1 is 1.14 bits per heavy atom. The van der Waals surface area contributed by atoms with Gasteiger partial charge in [0.25, 0.3) is 0 Å². The average Bonchev–Trinajstić information content (AvgIpc) is 2.86. The van der Waals surface area contributed by atoms with Crippen LogP contribution in [0.1, 0.15) is 44.2 Å². The Bertz CT molecular complexity index is 1030. The van der Waals surface area contributed by atoms with Gasteiger partial charge >= 0.3 is 0 Å². The molecular weight excluding hydrogens is 443 g/mol. The zero-order valence-corrected chi connectivity index (χ0v) is 21.2. The van der Waals surface area contributed by atoms with E-state index in [1.807, 2.05) is 35.0 Å². The molecule has 2 amide bonds. The van der Waals surface area contributed by atoms with Gasteiger partial charge in [-0.15, -0.1) is 0 Å². The van der Waals surface area contributed by atoms with Gasteiger partial charge in [0.05, 0.1) is 7.11 Å². The third-order valence-corrected chi connectivity index (χ3v) is 6.76. The monoisotopic (exact) mass is 480 g/mol. The van der Waals surface area contributed by atoms with E-state index >= 15 is 0 Å². The summed E-state index contributed by atoms with van der Waals surface area (Å²) in [4.78, 5) is 29.4. The Hall–Kier alpha value is -3.15. The molecule has 1 aliphatic rings. The zero-order chi connectivity index (χ0) is 25.4. The van der Waals surface area contributed by atoms with Crippen molar-refractivity contribution < 1.29 is 18.7 Å². The van der Waals surface area contributed by atoms with Gasteiger partial charge in [0.15, 0.2) is 0 Å². The van der Waals surface area contributed by atoms with Crippen LogP contribution in [0, 0.1) is 17.7 Å². The first-order valence-electron chi connectivity index (χ1n) is 12.4. The molecule has 1 aliphatic heterocycles. The molecular formula is C29H37FN2O3. The van der Waals surface area contributed by atoms with Gasteiger partial charge < -0.3 is 14.5 Å². The predicted octanol–water partition coefficient (Wildman–Crippen LogP) is 5.20. The average molecular weight is 481 g/mol. The summed E-state index contributed by atoms with van der Waals surface area (Å²) in [5.41, 5.74) is 1.53. The first-order chi connectivity index (χ1) is 16.8. The summed E-state index contributed by atoms with van der Waals surface area (Å²) in [5, 5.41) is 0. The van der Waals surface area contributed by atoms with Crippen LogP contribution in [0.3, 0.4) is 0 Å². The Kier molecular flexibility index (Phi) is 9.47. The molecule has 1 atom stereocenters. The van der Waals surface area contributed by atoms with Crippen molar-refractivity contribution in [2.75, 3.05) is 27.2 Å². The number of amides is 2. The fourth-order valence-electron chi connectivity index (χ4n) is 4.72. The van der Waals surface area contributed by atoms with Crippen LogP contribution in [0.5, 0.6) is 5.75 Å². The van der Waals surface area contributed by atoms with E-state index in [1.165, 1.54) is 18.2 Å². The maximum absolute atomic E-state index is 13.9. The molecule has 3 rings (SSSR count). The van der Waals surface area contributed by atoms with Crippen molar-refractivity contribution in [1.29, 1.82) is 0 Å². The first-order valence-corrected chi connectivity index (χ1v) is 12.4. The van der Waals surface area contributed by atoms with Crippen molar-refractivity contribution in [3.05, 3.63) is 71.6 Å². The van der Waals surface area contributed by atoms with E-state index in [9.17, 15) is 14.0 Å². The van der Waals surface area contributed by atoms with Crippen molar-refractivity contribution in [3.63, 3.8) is 0 Å². The van der Waals surface area contributed by atoms with Gasteiger partial charge in [-0.05, 0) is 60.9 Å². The molecule has 35 heavy (non-hydrogen) atoms. The third kappa shape index (κ3) is 7.41. The van der Waals surface area contributed by atoms with Gasteiger partial charge in [-0.3, -0.25) is 9.59 Å². The molecule has 188 valence electrons. The minimum atomic E-state index is -0.343. The van der Waals surface area contributed by atoms with Gasteiger partial charge in [0, 0.05) is 44.2 Å². The Labute approximate surface area is 208 Å². The first kappa shape index (κ1) is 26.5. The van der Waals surface area contributed by atoms with Crippen LogP contribution >= 0.6 is 0 Å². The SMILES string of the molecule is COc1cccc(CC(C2CCN(C(=O)/C=C/c3ccccc3F)CC2)N(C)C(=O)CC(C)C)c1. The van der Waals surface area contributed by atoms with Gasteiger partial charge in [-0.25, -0.2) is 4.39 Å². The largest absolute Gasteiger partial charge is 0.497 e. The Morgan fingerprint density at radius 2 is 1.86 bits per heavy atom. The lowest BCUT2D eigenvalue weighted by Gasteiger charge is -2.40. The number of likely N-dealkylation sites (N-methyl/N-ethyl adjacent to an activating group) is 1. The van der Waals surface area contributed by atoms with E-state index in [2.05, 4.69) is 19.9 Å². The van der Waals surface area contributed by atoms with Gasteiger partial charge in [0.2, 0.25) is 11.8 Å². The molecule has 0 radical (unpaired) electrons. The molecule has 2 aromatic carbocycles. The van der Waals surface area contributed by atoms with E-state index in [-0.39, 0.29) is 29.6 Å². The number of benzene rings is 2. The van der Waals surface area contributed by atoms with Crippen LogP contribution in [0.4, 0.5) is 4.39 Å². The van der Waals surface area contributed by atoms with Crippen LogP contribution in [0.25, 0.3) is 6.08 Å². The van der Waals surface area contributed by atoms with Crippen molar-refractivity contribution in [3.8, 4) is 5.75 Å². The van der Waals surface area contributed by atoms with E-state index in [0.29, 0.717) is 31.0 Å². The quantitative estimate of drug-likeness (QED) is 0.464. The summed E-state index contributed by atoms with van der Waals surface area (Å²) in [6, 6.07) is 14.5. The van der Waals surface area contributed by atoms with Crippen LogP contribution in [-0.4, -0.2) is 54.9 Å². The minimum absolute atomic E-state index is 0.0413. The second-order valence-electron chi connectivity index (χ2n) is 9.74. The van der Waals surface area contributed by atoms with Crippen molar-refractivity contribution in [2.24, 2.45) is 11.8 Å². The lowest BCUT2D eigenvalue weighted by atomic mass is 9.84. The molecule has 0 saturated carbocycles. The number of piperidine rings is 1. The number of ether oxygens (including phenoxy) is 1. The molecule has 1 fully saturated rings. The molecule has 0 aliphatic carbocycles. The molecule has 1 unspecified atom stereocenters. The Morgan fingerprint density at radius 3 is 2.51 bits per heavy atom. The normalized spacial score (nSPS) is 15.4. The molecule has 0 bridgehead atoms. The number of rotatable bonds is 9. The summed E-state index contributed by atoms with van der Waals surface area (Å²) in [6.07, 6.45) is 5.87. The smallest absolute Gasteiger partial charge is 0.246 e. The Balaban J connectivity index is 1.69. The standard InChI is InChI=1S/C29H37FN2O3/c1-21(2)18-29(34)31(3)27(20-22-8-7-10-25(19-22)35-4)24-14-16-32(17-15-24)28(33)13-12-23-9-5-6-11-26(23)30/h5-13,19,21,24,27H,14-18,20H2,1-4H3/b13-12+. The van der Waals surface area contributed by atoms with Gasteiger partial charge in [-0.2, -0.15) is 0 Å². The maximum Gasteiger partial charge on any atom is 0.246 e. The highest BCUT2D eigenvalue weighted by atomic mass is 19.1. The lowest BCUT2D eigenvalue weighted by molar-refractivity contribution is -0.135. The lowest BCUT2D eigenvalue weighted by Crippen LogP contribution is -2.48. The molecule has 1 saturated heterocycles. The maximum atomic E-state index is 13.9. The summed E-state index contributed by atoms with van der Waals surface area (Å²) < 4.78 is 19.2. The molecule has 1 heterocycles. The summed E-state index contributed by atoms with van der Waals surface area (Å²) >= 11 is 0. The third-order valence-electron chi connectivity index (χ3n) is 6.76. The summed E-state index contributed by atoms with van der Waals surface area (Å²) in [5.74, 6) is 1.08. The van der Waals surface area contributed by atoms with E-state index in [0.717, 1.165) is 30.6 Å². The summed E-state index contributed by atoms with van der Waals surface area (Å²) in [7, 11) is 3.56. The van der Waals surface area contributed by atoms with Crippen molar-refractivity contribution in [1.82, 2.24) is 9.80 Å². The van der Waals surface area contributed by atoms with Crippen molar-refractivity contribution in [2.45, 2.75) is 45.6 Å². The van der Waals surface area contributed by atoms with E-state index < -0.39 is 0 Å². The molecule has 5 nitrogen and oxygen atoms in total. The van der Waals surface area contributed by atoms with Gasteiger partial charge in [0.1, 0.15) is 11.6 Å². The second kappa shape index (κ2) is 12.5. The molecule has 0 aromatic heterocycles. The number of hydrogen-bond donors (Lipinski definition) is 0. The number of carbonyl (C=O) groups is 2. The number of carbonyl (C=O) groups excluding carboxylic acids is 2. The van der Waals surface area contributed by atoms with Crippen molar-refractivity contribution >= 4 is 17.9 Å². The topological polar surface area (TPSA) is 49.9 Å². The molecule has 6 heteroatoms. The van der Waals surface area contributed by atoms with Gasteiger partial charge in [-0.1, -0.05) is 44.2 Å². The number of methoxy groups -OCH3 is 1. The van der Waals surface area contributed by atoms with Crippen LogP contribution in [0.15, 0.2) is 54.6 Å². The van der Waals surface area contributed by atoms with E-state index in [4.69, 9.17) is 4.74 Å². The predicted molar refractivity (Wildman–Crippen MR) is 137 cm³/mol. The summed E-state index contributed by atoms with van der Waals surface area (Å²) in [6.45, 7) is 5.35. The second-order valence-corrected chi connectivity index (χ2v) is 9.74.